The topological polar surface area (TPSA) is 78.8 Å². The third-order valence-electron chi connectivity index (χ3n) is 2.94. The Hall–Kier alpha value is -0.420. The summed E-state index contributed by atoms with van der Waals surface area (Å²) in [5, 5.41) is 21.0. The smallest absolute Gasteiger partial charge is 0.144 e. The standard InChI is InChI=1S/C12H26N2O2S/c1-10(6-8-15)17-9-5-4-7-12(2,3)11(13)14-16/h10,15-16H,4-9H2,1-3H3,(H2,13,14). The molecule has 0 radical (unpaired) electrons. The van der Waals surface area contributed by atoms with E-state index in [1.54, 1.807) is 0 Å². The van der Waals surface area contributed by atoms with Crippen molar-refractivity contribution in [3.8, 4) is 0 Å². The number of oxime groups is 1. The van der Waals surface area contributed by atoms with Gasteiger partial charge < -0.3 is 16.0 Å². The molecular formula is C12H26N2O2S. The maximum absolute atomic E-state index is 8.77. The molecule has 0 aliphatic rings. The van der Waals surface area contributed by atoms with Gasteiger partial charge in [0.15, 0.2) is 0 Å². The van der Waals surface area contributed by atoms with Crippen molar-refractivity contribution in [1.82, 2.24) is 0 Å². The first kappa shape index (κ1) is 16.6. The predicted molar refractivity (Wildman–Crippen MR) is 74.7 cm³/mol. The van der Waals surface area contributed by atoms with E-state index in [9.17, 15) is 0 Å². The van der Waals surface area contributed by atoms with Gasteiger partial charge in [-0.05, 0) is 25.0 Å². The Bertz CT molecular complexity index is 233. The minimum Gasteiger partial charge on any atom is -0.409 e. The van der Waals surface area contributed by atoms with Crippen LogP contribution in [-0.4, -0.2) is 33.8 Å². The summed E-state index contributed by atoms with van der Waals surface area (Å²) in [5.74, 6) is 1.41. The second-order valence-electron chi connectivity index (χ2n) is 5.02. The van der Waals surface area contributed by atoms with Crippen molar-refractivity contribution in [2.75, 3.05) is 12.4 Å². The third-order valence-corrected chi connectivity index (χ3v) is 4.26. The van der Waals surface area contributed by atoms with Gasteiger partial charge in [-0.2, -0.15) is 11.8 Å². The molecule has 0 saturated carbocycles. The highest BCUT2D eigenvalue weighted by Gasteiger charge is 2.22. The van der Waals surface area contributed by atoms with Crippen LogP contribution in [0.4, 0.5) is 0 Å². The molecule has 0 aromatic carbocycles. The molecule has 1 unspecified atom stereocenters. The van der Waals surface area contributed by atoms with Gasteiger partial charge in [0.25, 0.3) is 0 Å². The minimum atomic E-state index is -0.226. The van der Waals surface area contributed by atoms with Crippen molar-refractivity contribution < 1.29 is 10.3 Å². The molecule has 4 N–H and O–H groups in total. The number of aliphatic hydroxyl groups excluding tert-OH is 1. The molecule has 102 valence electrons. The van der Waals surface area contributed by atoms with Crippen LogP contribution in [0.25, 0.3) is 0 Å². The number of unbranched alkanes of at least 4 members (excludes halogenated alkanes) is 1. The summed E-state index contributed by atoms with van der Waals surface area (Å²) in [4.78, 5) is 0. The zero-order chi connectivity index (χ0) is 13.3. The van der Waals surface area contributed by atoms with E-state index in [0.29, 0.717) is 11.1 Å². The van der Waals surface area contributed by atoms with E-state index in [-0.39, 0.29) is 12.0 Å². The van der Waals surface area contributed by atoms with Crippen molar-refractivity contribution >= 4 is 17.6 Å². The van der Waals surface area contributed by atoms with E-state index < -0.39 is 0 Å². The summed E-state index contributed by atoms with van der Waals surface area (Å²) in [6, 6.07) is 0. The van der Waals surface area contributed by atoms with Gasteiger partial charge in [-0.3, -0.25) is 0 Å². The van der Waals surface area contributed by atoms with Gasteiger partial charge >= 0.3 is 0 Å². The molecule has 0 aliphatic heterocycles. The monoisotopic (exact) mass is 262 g/mol. The fraction of sp³-hybridized carbons (Fsp3) is 0.917. The highest BCUT2D eigenvalue weighted by atomic mass is 32.2. The number of amidine groups is 1. The van der Waals surface area contributed by atoms with Gasteiger partial charge in [0, 0.05) is 17.3 Å². The molecule has 0 saturated heterocycles. The van der Waals surface area contributed by atoms with Gasteiger partial charge in [-0.1, -0.05) is 32.3 Å². The predicted octanol–water partition coefficient (Wildman–Crippen LogP) is 2.43. The quantitative estimate of drug-likeness (QED) is 0.196. The molecule has 17 heavy (non-hydrogen) atoms. The normalized spacial score (nSPS) is 14.9. The Kier molecular flexibility index (Phi) is 8.43. The van der Waals surface area contributed by atoms with Gasteiger partial charge in [-0.25, -0.2) is 0 Å². The van der Waals surface area contributed by atoms with E-state index in [2.05, 4.69) is 12.1 Å². The molecule has 0 aromatic heterocycles. The number of nitrogens with zero attached hydrogens (tertiary/aromatic N) is 1. The first-order chi connectivity index (χ1) is 7.94. The summed E-state index contributed by atoms with van der Waals surface area (Å²) in [5.41, 5.74) is 5.39. The highest BCUT2D eigenvalue weighted by molar-refractivity contribution is 7.99. The van der Waals surface area contributed by atoms with Crippen molar-refractivity contribution in [3.63, 3.8) is 0 Å². The number of rotatable bonds is 9. The van der Waals surface area contributed by atoms with Crippen LogP contribution in [-0.2, 0) is 0 Å². The van der Waals surface area contributed by atoms with Crippen molar-refractivity contribution in [2.24, 2.45) is 16.3 Å². The molecular weight excluding hydrogens is 236 g/mol. The molecule has 0 aliphatic carbocycles. The first-order valence-corrected chi connectivity index (χ1v) is 7.19. The second kappa shape index (κ2) is 8.64. The van der Waals surface area contributed by atoms with Crippen LogP contribution in [0.15, 0.2) is 5.16 Å². The third kappa shape index (κ3) is 7.49. The van der Waals surface area contributed by atoms with Crippen LogP contribution in [0.1, 0.15) is 46.5 Å². The van der Waals surface area contributed by atoms with Gasteiger partial charge in [0.05, 0.1) is 0 Å². The van der Waals surface area contributed by atoms with Crippen molar-refractivity contribution in [1.29, 1.82) is 0 Å². The Morgan fingerprint density at radius 3 is 2.59 bits per heavy atom. The Morgan fingerprint density at radius 1 is 1.41 bits per heavy atom. The zero-order valence-electron chi connectivity index (χ0n) is 11.1. The molecule has 0 bridgehead atoms. The van der Waals surface area contributed by atoms with Gasteiger partial charge in [-0.15, -0.1) is 0 Å². The average molecular weight is 262 g/mol. The lowest BCUT2D eigenvalue weighted by Crippen LogP contribution is -2.31. The number of nitrogens with two attached hydrogens (primary N) is 1. The molecule has 0 spiro atoms. The largest absolute Gasteiger partial charge is 0.409 e. The highest BCUT2D eigenvalue weighted by Crippen LogP contribution is 2.24. The Labute approximate surface area is 109 Å². The number of hydrogen-bond donors (Lipinski definition) is 3. The van der Waals surface area contributed by atoms with Crippen LogP contribution in [0.2, 0.25) is 0 Å². The van der Waals surface area contributed by atoms with Crippen LogP contribution in [0.3, 0.4) is 0 Å². The molecule has 5 heteroatoms. The molecule has 0 aromatic rings. The molecule has 0 fully saturated rings. The Morgan fingerprint density at radius 2 is 2.06 bits per heavy atom. The summed E-state index contributed by atoms with van der Waals surface area (Å²) >= 11 is 1.89. The van der Waals surface area contributed by atoms with E-state index in [1.165, 1.54) is 0 Å². The maximum Gasteiger partial charge on any atom is 0.144 e. The van der Waals surface area contributed by atoms with Gasteiger partial charge in [0.2, 0.25) is 0 Å². The van der Waals surface area contributed by atoms with Crippen LogP contribution in [0.5, 0.6) is 0 Å². The lowest BCUT2D eigenvalue weighted by molar-refractivity contribution is 0.289. The molecule has 0 heterocycles. The minimum absolute atomic E-state index is 0.226. The molecule has 4 nitrogen and oxygen atoms in total. The lowest BCUT2D eigenvalue weighted by atomic mass is 9.86. The van der Waals surface area contributed by atoms with E-state index in [4.69, 9.17) is 16.0 Å². The van der Waals surface area contributed by atoms with Crippen LogP contribution < -0.4 is 5.73 Å². The van der Waals surface area contributed by atoms with E-state index in [1.807, 2.05) is 25.6 Å². The zero-order valence-corrected chi connectivity index (χ0v) is 12.0. The lowest BCUT2D eigenvalue weighted by Gasteiger charge is -2.22. The number of hydrogen-bond acceptors (Lipinski definition) is 4. The number of aliphatic hydroxyl groups is 1. The van der Waals surface area contributed by atoms with Crippen molar-refractivity contribution in [3.05, 3.63) is 0 Å². The average Bonchev–Trinajstić information content (AvgIpc) is 2.27. The molecule has 0 amide bonds. The van der Waals surface area contributed by atoms with E-state index >= 15 is 0 Å². The number of thioether (sulfide) groups is 1. The summed E-state index contributed by atoms with van der Waals surface area (Å²) in [6.07, 6.45) is 3.99. The summed E-state index contributed by atoms with van der Waals surface area (Å²) in [6.45, 7) is 6.39. The Balaban J connectivity index is 3.64. The summed E-state index contributed by atoms with van der Waals surface area (Å²) < 4.78 is 0. The van der Waals surface area contributed by atoms with Gasteiger partial charge in [0.1, 0.15) is 5.84 Å². The maximum atomic E-state index is 8.77. The van der Waals surface area contributed by atoms with Crippen LogP contribution in [0, 0.1) is 5.41 Å². The fourth-order valence-electron chi connectivity index (χ4n) is 1.48. The van der Waals surface area contributed by atoms with E-state index in [0.717, 1.165) is 31.4 Å². The second-order valence-corrected chi connectivity index (χ2v) is 6.57. The SMILES string of the molecule is CC(CCO)SCCCCC(C)(C)C(N)=NO. The van der Waals surface area contributed by atoms with Crippen molar-refractivity contribution in [2.45, 2.75) is 51.7 Å². The molecule has 0 rings (SSSR count). The first-order valence-electron chi connectivity index (χ1n) is 6.14. The summed E-state index contributed by atoms with van der Waals surface area (Å²) in [7, 11) is 0. The fourth-order valence-corrected chi connectivity index (χ4v) is 2.53. The van der Waals surface area contributed by atoms with Crippen LogP contribution >= 0.6 is 11.8 Å². The molecule has 1 atom stereocenters.